The molecule has 0 bridgehead atoms. The molecular formula is C19H23NO6. The van der Waals surface area contributed by atoms with Crippen LogP contribution in [0.5, 0.6) is 5.75 Å². The van der Waals surface area contributed by atoms with Gasteiger partial charge in [0.25, 0.3) is 0 Å². The smallest absolute Gasteiger partial charge is 0.340 e. The fourth-order valence-corrected chi connectivity index (χ4v) is 3.02. The van der Waals surface area contributed by atoms with E-state index in [2.05, 4.69) is 5.32 Å². The summed E-state index contributed by atoms with van der Waals surface area (Å²) in [7, 11) is 1.55. The first-order chi connectivity index (χ1) is 12.3. The van der Waals surface area contributed by atoms with Gasteiger partial charge in [-0.3, -0.25) is 4.79 Å². The van der Waals surface area contributed by atoms with Crippen molar-refractivity contribution in [2.24, 2.45) is 0 Å². The van der Waals surface area contributed by atoms with E-state index >= 15 is 0 Å². The van der Waals surface area contributed by atoms with Crippen molar-refractivity contribution in [3.63, 3.8) is 0 Å². The Morgan fingerprint density at radius 3 is 2.81 bits per heavy atom. The van der Waals surface area contributed by atoms with Gasteiger partial charge in [-0.25, -0.2) is 4.79 Å². The number of carbonyl (C=O) groups is 1. The number of benzene rings is 1. The van der Waals surface area contributed by atoms with Gasteiger partial charge >= 0.3 is 5.63 Å². The molecule has 0 aliphatic carbocycles. The predicted octanol–water partition coefficient (Wildman–Crippen LogP) is 1.92. The van der Waals surface area contributed by atoms with E-state index < -0.39 is 11.4 Å². The number of rotatable bonds is 5. The van der Waals surface area contributed by atoms with Gasteiger partial charge in [-0.15, -0.1) is 0 Å². The molecule has 1 aromatic heterocycles. The zero-order valence-corrected chi connectivity index (χ0v) is 15.4. The normalized spacial score (nSPS) is 18.8. The van der Waals surface area contributed by atoms with Crippen molar-refractivity contribution in [3.8, 4) is 5.75 Å². The van der Waals surface area contributed by atoms with Crippen LogP contribution < -0.4 is 15.7 Å². The van der Waals surface area contributed by atoms with Crippen LogP contribution in [-0.4, -0.2) is 38.1 Å². The van der Waals surface area contributed by atoms with E-state index in [4.69, 9.17) is 18.6 Å². The molecular weight excluding hydrogens is 338 g/mol. The molecule has 1 unspecified atom stereocenters. The summed E-state index contributed by atoms with van der Waals surface area (Å²) in [4.78, 5) is 24.6. The molecule has 3 rings (SSSR count). The SMILES string of the molecule is COc1ccc2c(C)c(CC(=O)NCC3COC(C)(C)O3)c(=O)oc2c1. The largest absolute Gasteiger partial charge is 0.497 e. The molecule has 1 amide bonds. The number of aryl methyl sites for hydroxylation is 1. The first-order valence-corrected chi connectivity index (χ1v) is 8.48. The molecule has 0 spiro atoms. The van der Waals surface area contributed by atoms with Gasteiger partial charge in [0, 0.05) is 18.0 Å². The molecule has 1 saturated heterocycles. The highest BCUT2D eigenvalue weighted by atomic mass is 16.7. The summed E-state index contributed by atoms with van der Waals surface area (Å²) in [6.07, 6.45) is -0.247. The number of hydrogen-bond acceptors (Lipinski definition) is 6. The monoisotopic (exact) mass is 361 g/mol. The summed E-state index contributed by atoms with van der Waals surface area (Å²) in [5.41, 5.74) is 1.01. The Hall–Kier alpha value is -2.38. The van der Waals surface area contributed by atoms with Gasteiger partial charge in [0.1, 0.15) is 17.4 Å². The Bertz CT molecular complexity index is 885. The van der Waals surface area contributed by atoms with Crippen molar-refractivity contribution in [3.05, 3.63) is 39.7 Å². The molecule has 140 valence electrons. The first-order valence-electron chi connectivity index (χ1n) is 8.48. The Morgan fingerprint density at radius 2 is 2.15 bits per heavy atom. The molecule has 1 fully saturated rings. The van der Waals surface area contributed by atoms with Crippen LogP contribution in [0.4, 0.5) is 0 Å². The first kappa shape index (κ1) is 18.4. The zero-order valence-electron chi connectivity index (χ0n) is 15.4. The molecule has 1 N–H and O–H groups in total. The molecule has 7 heteroatoms. The number of nitrogens with one attached hydrogen (secondary N) is 1. The second kappa shape index (κ2) is 7.09. The highest BCUT2D eigenvalue weighted by Gasteiger charge is 2.32. The standard InChI is InChI=1S/C19H23NO6/c1-11-14-6-5-12(23-4)7-16(14)25-18(22)15(11)8-17(21)20-9-13-10-24-19(2,3)26-13/h5-7,13H,8-10H2,1-4H3,(H,20,21). The molecule has 1 aliphatic rings. The molecule has 0 radical (unpaired) electrons. The van der Waals surface area contributed by atoms with E-state index in [1.54, 1.807) is 19.2 Å². The molecule has 7 nitrogen and oxygen atoms in total. The van der Waals surface area contributed by atoms with Crippen LogP contribution in [0.2, 0.25) is 0 Å². The molecule has 1 atom stereocenters. The van der Waals surface area contributed by atoms with Crippen LogP contribution in [0.25, 0.3) is 11.0 Å². The van der Waals surface area contributed by atoms with Crippen molar-refractivity contribution in [1.29, 1.82) is 0 Å². The van der Waals surface area contributed by atoms with Gasteiger partial charge in [0.05, 0.1) is 25.7 Å². The minimum Gasteiger partial charge on any atom is -0.497 e. The number of methoxy groups -OCH3 is 1. The van der Waals surface area contributed by atoms with E-state index in [-0.39, 0.29) is 18.4 Å². The second-order valence-electron chi connectivity index (χ2n) is 6.79. The van der Waals surface area contributed by atoms with Crippen LogP contribution in [0.1, 0.15) is 25.0 Å². The summed E-state index contributed by atoms with van der Waals surface area (Å²) in [5.74, 6) is -0.291. The Kier molecular flexibility index (Phi) is 5.02. The van der Waals surface area contributed by atoms with Crippen LogP contribution in [0, 0.1) is 6.92 Å². The van der Waals surface area contributed by atoms with E-state index in [0.29, 0.717) is 30.0 Å². The van der Waals surface area contributed by atoms with E-state index in [1.807, 2.05) is 26.8 Å². The fourth-order valence-electron chi connectivity index (χ4n) is 3.02. The van der Waals surface area contributed by atoms with Gasteiger partial charge in [0.15, 0.2) is 5.79 Å². The van der Waals surface area contributed by atoms with Crippen LogP contribution in [0.3, 0.4) is 0 Å². The van der Waals surface area contributed by atoms with Gasteiger partial charge < -0.3 is 23.9 Å². The average molecular weight is 361 g/mol. The molecule has 1 aromatic carbocycles. The minimum absolute atomic E-state index is 0.0485. The highest BCUT2D eigenvalue weighted by Crippen LogP contribution is 2.24. The average Bonchev–Trinajstić information content (AvgIpc) is 2.95. The quantitative estimate of drug-likeness (QED) is 0.819. The van der Waals surface area contributed by atoms with Gasteiger partial charge in [-0.05, 0) is 38.5 Å². The topological polar surface area (TPSA) is 87.0 Å². The summed E-state index contributed by atoms with van der Waals surface area (Å²) in [6, 6.07) is 5.27. The van der Waals surface area contributed by atoms with Crippen molar-refractivity contribution >= 4 is 16.9 Å². The lowest BCUT2D eigenvalue weighted by molar-refractivity contribution is -0.139. The summed E-state index contributed by atoms with van der Waals surface area (Å²) in [5, 5.41) is 3.57. The third kappa shape index (κ3) is 3.89. The number of carbonyl (C=O) groups excluding carboxylic acids is 1. The highest BCUT2D eigenvalue weighted by molar-refractivity contribution is 5.85. The summed E-state index contributed by atoms with van der Waals surface area (Å²) < 4.78 is 21.6. The molecule has 2 heterocycles. The predicted molar refractivity (Wildman–Crippen MR) is 95.4 cm³/mol. The molecule has 1 aliphatic heterocycles. The van der Waals surface area contributed by atoms with Crippen molar-refractivity contribution in [2.45, 2.75) is 39.1 Å². The lowest BCUT2D eigenvalue weighted by atomic mass is 10.0. The van der Waals surface area contributed by atoms with Crippen molar-refractivity contribution in [1.82, 2.24) is 5.32 Å². The minimum atomic E-state index is -0.632. The molecule has 0 saturated carbocycles. The Balaban J connectivity index is 1.72. The molecule has 2 aromatic rings. The lowest BCUT2D eigenvalue weighted by Crippen LogP contribution is -2.36. The van der Waals surface area contributed by atoms with Crippen LogP contribution in [-0.2, 0) is 20.7 Å². The third-order valence-electron chi connectivity index (χ3n) is 4.43. The number of amides is 1. The number of hydrogen-bond donors (Lipinski definition) is 1. The third-order valence-corrected chi connectivity index (χ3v) is 4.43. The van der Waals surface area contributed by atoms with E-state index in [1.165, 1.54) is 0 Å². The maximum absolute atomic E-state index is 12.3. The van der Waals surface area contributed by atoms with Crippen molar-refractivity contribution in [2.75, 3.05) is 20.3 Å². The second-order valence-corrected chi connectivity index (χ2v) is 6.79. The van der Waals surface area contributed by atoms with Crippen molar-refractivity contribution < 1.29 is 23.4 Å². The van der Waals surface area contributed by atoms with Crippen LogP contribution in [0.15, 0.2) is 27.4 Å². The summed E-state index contributed by atoms with van der Waals surface area (Å²) >= 11 is 0. The Morgan fingerprint density at radius 1 is 1.38 bits per heavy atom. The maximum Gasteiger partial charge on any atom is 0.340 e. The maximum atomic E-state index is 12.3. The lowest BCUT2D eigenvalue weighted by Gasteiger charge is -2.17. The van der Waals surface area contributed by atoms with E-state index in [0.717, 1.165) is 10.9 Å². The van der Waals surface area contributed by atoms with Gasteiger partial charge in [0.2, 0.25) is 5.91 Å². The number of ether oxygens (including phenoxy) is 3. The number of fused-ring (bicyclic) bond motifs is 1. The Labute approximate surface area is 151 Å². The fraction of sp³-hybridized carbons (Fsp3) is 0.474. The van der Waals surface area contributed by atoms with Crippen LogP contribution >= 0.6 is 0 Å². The zero-order chi connectivity index (χ0) is 18.9. The van der Waals surface area contributed by atoms with Gasteiger partial charge in [-0.2, -0.15) is 0 Å². The summed E-state index contributed by atoms with van der Waals surface area (Å²) in [6.45, 7) is 6.22. The molecule has 26 heavy (non-hydrogen) atoms. The van der Waals surface area contributed by atoms with Gasteiger partial charge in [-0.1, -0.05) is 0 Å². The van der Waals surface area contributed by atoms with E-state index in [9.17, 15) is 9.59 Å².